The van der Waals surface area contributed by atoms with Gasteiger partial charge < -0.3 is 9.47 Å². The highest BCUT2D eigenvalue weighted by atomic mass is 19.1. The van der Waals surface area contributed by atoms with Crippen molar-refractivity contribution in [2.45, 2.75) is 33.1 Å². The molecular formula is C27H27F2N2+. The molecule has 3 aromatic carbocycles. The summed E-state index contributed by atoms with van der Waals surface area (Å²) in [5, 5.41) is 0. The van der Waals surface area contributed by atoms with Crippen LogP contribution in [0.2, 0.25) is 0 Å². The molecule has 1 unspecified atom stereocenters. The molecule has 4 rings (SSSR count). The van der Waals surface area contributed by atoms with Crippen LogP contribution in [0.15, 0.2) is 91.1 Å². The maximum atomic E-state index is 14.4. The molecule has 31 heavy (non-hydrogen) atoms. The Kier molecular flexibility index (Phi) is 6.58. The molecule has 1 atom stereocenters. The lowest BCUT2D eigenvalue weighted by Crippen LogP contribution is -3.08. The number of hydrogen-bond acceptors (Lipinski definition) is 0. The molecule has 0 amide bonds. The minimum Gasteiger partial charge on any atom is -0.342 e. The zero-order chi connectivity index (χ0) is 21.6. The van der Waals surface area contributed by atoms with Gasteiger partial charge in [-0.2, -0.15) is 0 Å². The van der Waals surface area contributed by atoms with Crippen LogP contribution in [0.1, 0.15) is 27.9 Å². The monoisotopic (exact) mass is 417 g/mol. The van der Waals surface area contributed by atoms with Crippen LogP contribution in [0.5, 0.6) is 0 Å². The van der Waals surface area contributed by atoms with Gasteiger partial charge in [0.1, 0.15) is 31.3 Å². The fraction of sp³-hybridized carbons (Fsp3) is 0.185. The van der Waals surface area contributed by atoms with Gasteiger partial charge in [-0.05, 0) is 36.8 Å². The summed E-state index contributed by atoms with van der Waals surface area (Å²) < 4.78 is 31.0. The zero-order valence-electron chi connectivity index (χ0n) is 17.7. The van der Waals surface area contributed by atoms with Crippen LogP contribution in [-0.4, -0.2) is 4.57 Å². The van der Waals surface area contributed by atoms with E-state index in [2.05, 4.69) is 60.2 Å². The number of halogens is 2. The summed E-state index contributed by atoms with van der Waals surface area (Å²) in [6.45, 7) is 4.50. The summed E-state index contributed by atoms with van der Waals surface area (Å²) in [4.78, 5) is 1.08. The molecule has 0 bridgehead atoms. The second-order valence-corrected chi connectivity index (χ2v) is 8.08. The van der Waals surface area contributed by atoms with Crippen molar-refractivity contribution < 1.29 is 13.7 Å². The minimum absolute atomic E-state index is 0.144. The Morgan fingerprint density at radius 1 is 0.710 bits per heavy atom. The van der Waals surface area contributed by atoms with Gasteiger partial charge in [0.2, 0.25) is 0 Å². The van der Waals surface area contributed by atoms with Crippen LogP contribution in [0, 0.1) is 18.6 Å². The summed E-state index contributed by atoms with van der Waals surface area (Å²) in [5.41, 5.74) is 4.90. The van der Waals surface area contributed by atoms with Crippen molar-refractivity contribution in [1.82, 2.24) is 4.57 Å². The molecule has 0 saturated carbocycles. The van der Waals surface area contributed by atoms with Crippen molar-refractivity contribution in [2.75, 3.05) is 0 Å². The Hall–Kier alpha value is -3.24. The Labute approximate surface area is 182 Å². The van der Waals surface area contributed by atoms with Crippen molar-refractivity contribution in [3.63, 3.8) is 0 Å². The molecule has 0 aliphatic rings. The first-order valence-electron chi connectivity index (χ1n) is 10.6. The summed E-state index contributed by atoms with van der Waals surface area (Å²) in [6.07, 6.45) is 2.07. The van der Waals surface area contributed by atoms with Crippen LogP contribution >= 0.6 is 0 Å². The maximum absolute atomic E-state index is 14.4. The van der Waals surface area contributed by atoms with Gasteiger partial charge in [-0.1, -0.05) is 66.2 Å². The molecule has 0 saturated heterocycles. The number of aryl methyl sites for hydroxylation is 1. The third-order valence-corrected chi connectivity index (χ3v) is 5.58. The first-order chi connectivity index (χ1) is 15.1. The smallest absolute Gasteiger partial charge is 0.135 e. The third kappa shape index (κ3) is 5.47. The molecule has 0 radical (unpaired) electrons. The molecule has 4 aromatic rings. The van der Waals surface area contributed by atoms with Crippen molar-refractivity contribution in [1.29, 1.82) is 0 Å². The van der Waals surface area contributed by atoms with E-state index in [-0.39, 0.29) is 12.1 Å². The largest absolute Gasteiger partial charge is 0.342 e. The van der Waals surface area contributed by atoms with E-state index >= 15 is 0 Å². The lowest BCUT2D eigenvalue weighted by molar-refractivity contribution is -0.941. The number of quaternary nitrogens is 1. The molecular weight excluding hydrogens is 390 g/mol. The van der Waals surface area contributed by atoms with E-state index in [0.29, 0.717) is 13.1 Å². The van der Waals surface area contributed by atoms with Gasteiger partial charge in [-0.15, -0.1) is 0 Å². The maximum Gasteiger partial charge on any atom is 0.135 e. The topological polar surface area (TPSA) is 9.37 Å². The minimum atomic E-state index is -0.485. The third-order valence-electron chi connectivity index (χ3n) is 5.58. The van der Waals surface area contributed by atoms with Gasteiger partial charge in [0.15, 0.2) is 0 Å². The van der Waals surface area contributed by atoms with E-state index in [1.54, 1.807) is 0 Å². The van der Waals surface area contributed by atoms with Crippen LogP contribution < -0.4 is 4.90 Å². The predicted octanol–water partition coefficient (Wildman–Crippen LogP) is 4.91. The lowest BCUT2D eigenvalue weighted by Gasteiger charge is -2.21. The first-order valence-corrected chi connectivity index (χ1v) is 10.6. The quantitative estimate of drug-likeness (QED) is 0.417. The molecule has 4 heteroatoms. The van der Waals surface area contributed by atoms with Crippen molar-refractivity contribution >= 4 is 0 Å². The fourth-order valence-corrected chi connectivity index (χ4v) is 4.05. The van der Waals surface area contributed by atoms with Crippen LogP contribution in [0.4, 0.5) is 8.78 Å². The Morgan fingerprint density at radius 2 is 1.42 bits per heavy atom. The summed E-state index contributed by atoms with van der Waals surface area (Å²) in [7, 11) is 0. The van der Waals surface area contributed by atoms with Crippen LogP contribution in [0.3, 0.4) is 0 Å². The number of nitrogens with one attached hydrogen (secondary N) is 1. The molecule has 0 aliphatic carbocycles. The average Bonchev–Trinajstić information content (AvgIpc) is 3.18. The Bertz CT molecular complexity index is 1110. The zero-order valence-corrected chi connectivity index (χ0v) is 17.7. The van der Waals surface area contributed by atoms with Gasteiger partial charge in [-0.25, -0.2) is 8.78 Å². The van der Waals surface area contributed by atoms with Gasteiger partial charge in [0, 0.05) is 18.3 Å². The van der Waals surface area contributed by atoms with Crippen LogP contribution in [-0.2, 0) is 26.2 Å². The lowest BCUT2D eigenvalue weighted by atomic mass is 10.1. The normalized spacial score (nSPS) is 12.1. The highest BCUT2D eigenvalue weighted by Gasteiger charge is 2.19. The second-order valence-electron chi connectivity index (χ2n) is 8.08. The van der Waals surface area contributed by atoms with Crippen molar-refractivity contribution in [3.8, 4) is 0 Å². The van der Waals surface area contributed by atoms with E-state index in [1.807, 2.05) is 24.3 Å². The van der Waals surface area contributed by atoms with Gasteiger partial charge >= 0.3 is 0 Å². The van der Waals surface area contributed by atoms with Crippen molar-refractivity contribution in [3.05, 3.63) is 131 Å². The number of benzene rings is 3. The summed E-state index contributed by atoms with van der Waals surface area (Å²) >= 11 is 0. The number of rotatable bonds is 8. The first kappa shape index (κ1) is 21.0. The Morgan fingerprint density at radius 3 is 2.16 bits per heavy atom. The second kappa shape index (κ2) is 9.71. The van der Waals surface area contributed by atoms with Crippen molar-refractivity contribution in [2.24, 2.45) is 0 Å². The van der Waals surface area contributed by atoms with E-state index in [1.165, 1.54) is 29.3 Å². The summed E-state index contributed by atoms with van der Waals surface area (Å²) in [5.74, 6) is -0.971. The molecule has 1 aromatic heterocycles. The molecule has 0 aliphatic heterocycles. The SMILES string of the molecule is Cc1cccc(Cn2cccc2C[NH+](Cc2ccccc2)Cc2c(F)cccc2F)c1. The van der Waals surface area contributed by atoms with E-state index in [4.69, 9.17) is 0 Å². The molecule has 0 fully saturated rings. The highest BCUT2D eigenvalue weighted by molar-refractivity contribution is 5.23. The number of hydrogen-bond donors (Lipinski definition) is 1. The molecule has 1 N–H and O–H groups in total. The standard InChI is InChI=1S/C27H26F2N2/c1-21-8-5-11-23(16-21)18-31-15-7-12-24(31)19-30(17-22-9-3-2-4-10-22)20-25-26(28)13-6-14-27(25)29/h2-16H,17-20H2,1H3/p+1. The Balaban J connectivity index is 1.58. The molecule has 2 nitrogen and oxygen atoms in total. The predicted molar refractivity (Wildman–Crippen MR) is 120 cm³/mol. The van der Waals surface area contributed by atoms with E-state index in [9.17, 15) is 8.78 Å². The molecule has 1 heterocycles. The molecule has 158 valence electrons. The highest BCUT2D eigenvalue weighted by Crippen LogP contribution is 2.12. The number of nitrogens with zero attached hydrogens (tertiary/aromatic N) is 1. The van der Waals surface area contributed by atoms with Crippen LogP contribution in [0.25, 0.3) is 0 Å². The molecule has 0 spiro atoms. The van der Waals surface area contributed by atoms with Gasteiger partial charge in [0.05, 0.1) is 11.3 Å². The summed E-state index contributed by atoms with van der Waals surface area (Å²) in [6, 6.07) is 26.8. The average molecular weight is 418 g/mol. The van der Waals surface area contributed by atoms with E-state index < -0.39 is 11.6 Å². The number of aromatic nitrogens is 1. The van der Waals surface area contributed by atoms with Gasteiger partial charge in [-0.3, -0.25) is 0 Å². The van der Waals surface area contributed by atoms with Gasteiger partial charge in [0.25, 0.3) is 0 Å². The van der Waals surface area contributed by atoms with E-state index in [0.717, 1.165) is 22.7 Å². The fourth-order valence-electron chi connectivity index (χ4n) is 4.05.